The molecular weight excluding hydrogens is 446 g/mol. The van der Waals surface area contributed by atoms with Crippen molar-refractivity contribution in [1.82, 2.24) is 14.9 Å². The summed E-state index contributed by atoms with van der Waals surface area (Å²) in [5, 5.41) is 12.2. The molecule has 182 valence electrons. The van der Waals surface area contributed by atoms with Crippen LogP contribution in [0.2, 0.25) is 0 Å². The molecule has 0 spiro atoms. The summed E-state index contributed by atoms with van der Waals surface area (Å²) in [6.45, 7) is 9.51. The summed E-state index contributed by atoms with van der Waals surface area (Å²) in [5.74, 6) is 0.881. The summed E-state index contributed by atoms with van der Waals surface area (Å²) in [6, 6.07) is 11.2. The number of amides is 1. The van der Waals surface area contributed by atoms with E-state index in [1.165, 1.54) is 0 Å². The summed E-state index contributed by atoms with van der Waals surface area (Å²) >= 11 is 4.37. The topological polar surface area (TPSA) is 84.2 Å². The molecule has 3 aromatic rings. The van der Waals surface area contributed by atoms with Crippen LogP contribution < -0.4 is 5.32 Å². The van der Waals surface area contributed by atoms with Gasteiger partial charge in [0.05, 0.1) is 16.6 Å². The Morgan fingerprint density at radius 2 is 1.85 bits per heavy atom. The van der Waals surface area contributed by atoms with Crippen LogP contribution in [0.5, 0.6) is 0 Å². The molecule has 7 heteroatoms. The van der Waals surface area contributed by atoms with Gasteiger partial charge in [-0.2, -0.15) is 12.6 Å². The zero-order valence-corrected chi connectivity index (χ0v) is 21.4. The first-order valence-electron chi connectivity index (χ1n) is 11.8. The van der Waals surface area contributed by atoms with Crippen molar-refractivity contribution in [3.63, 3.8) is 0 Å². The number of hydrogen-bond donors (Lipinski definition) is 3. The summed E-state index contributed by atoms with van der Waals surface area (Å²) < 4.78 is 2.21. The molecular formula is C27H35N3O3S. The van der Waals surface area contributed by atoms with Crippen LogP contribution in [0.25, 0.3) is 11.0 Å². The second kappa shape index (κ2) is 11.1. The predicted octanol–water partition coefficient (Wildman–Crippen LogP) is 5.40. The number of carboxylic acid groups (broad SMARTS) is 1. The SMILES string of the molecule is CCCc1nc2c(C)cc(CNC(=O)CCC(C)(C)CS)cc2n1Cc1ccc(C(=O)O)cc1. The third-order valence-corrected chi connectivity index (χ3v) is 7.00. The molecule has 0 saturated carbocycles. The highest BCUT2D eigenvalue weighted by Crippen LogP contribution is 2.25. The van der Waals surface area contributed by atoms with Crippen molar-refractivity contribution in [1.29, 1.82) is 0 Å². The van der Waals surface area contributed by atoms with Gasteiger partial charge in [0.2, 0.25) is 5.91 Å². The van der Waals surface area contributed by atoms with E-state index < -0.39 is 5.97 Å². The van der Waals surface area contributed by atoms with Gasteiger partial charge < -0.3 is 15.0 Å². The van der Waals surface area contributed by atoms with Crippen molar-refractivity contribution in [2.45, 2.75) is 66.5 Å². The highest BCUT2D eigenvalue weighted by Gasteiger charge is 2.18. The molecule has 0 radical (unpaired) electrons. The number of carbonyl (C=O) groups excluding carboxylic acids is 1. The van der Waals surface area contributed by atoms with Crippen LogP contribution >= 0.6 is 12.6 Å². The van der Waals surface area contributed by atoms with Gasteiger partial charge in [0.15, 0.2) is 0 Å². The van der Waals surface area contributed by atoms with E-state index in [2.05, 4.69) is 62.3 Å². The second-order valence-corrected chi connectivity index (χ2v) is 10.1. The fourth-order valence-corrected chi connectivity index (χ4v) is 4.12. The van der Waals surface area contributed by atoms with Crippen LogP contribution in [-0.4, -0.2) is 32.3 Å². The summed E-state index contributed by atoms with van der Waals surface area (Å²) in [5.41, 5.74) is 5.46. The fraction of sp³-hybridized carbons (Fsp3) is 0.444. The Labute approximate surface area is 207 Å². The number of carbonyl (C=O) groups is 2. The molecule has 2 N–H and O–H groups in total. The van der Waals surface area contributed by atoms with Gasteiger partial charge in [0, 0.05) is 25.9 Å². The fourth-order valence-electron chi connectivity index (χ4n) is 3.96. The zero-order chi connectivity index (χ0) is 24.9. The molecule has 3 rings (SSSR count). The first kappa shape index (κ1) is 25.8. The minimum atomic E-state index is -0.928. The summed E-state index contributed by atoms with van der Waals surface area (Å²) in [4.78, 5) is 28.5. The number of nitrogens with zero attached hydrogens (tertiary/aromatic N) is 2. The molecule has 34 heavy (non-hydrogen) atoms. The first-order chi connectivity index (χ1) is 16.1. The number of fused-ring (bicyclic) bond motifs is 1. The lowest BCUT2D eigenvalue weighted by molar-refractivity contribution is -0.121. The summed E-state index contributed by atoms with van der Waals surface area (Å²) in [6.07, 6.45) is 3.12. The Morgan fingerprint density at radius 1 is 1.15 bits per heavy atom. The van der Waals surface area contributed by atoms with Gasteiger partial charge in [-0.25, -0.2) is 9.78 Å². The number of rotatable bonds is 11. The Kier molecular flexibility index (Phi) is 8.42. The first-order valence-corrected chi connectivity index (χ1v) is 12.4. The molecule has 1 aromatic heterocycles. The van der Waals surface area contributed by atoms with E-state index in [0.717, 1.165) is 58.6 Å². The van der Waals surface area contributed by atoms with Crippen LogP contribution in [0.4, 0.5) is 0 Å². The van der Waals surface area contributed by atoms with Crippen molar-refractivity contribution < 1.29 is 14.7 Å². The third kappa shape index (κ3) is 6.41. The molecule has 1 amide bonds. The standard InChI is InChI=1S/C27H35N3O3S/c1-5-6-23-29-25-18(2)13-20(15-28-24(31)11-12-27(3,4)17-34)14-22(25)30(23)16-19-7-9-21(10-8-19)26(32)33/h7-10,13-14,34H,5-6,11-12,15-17H2,1-4H3,(H,28,31)(H,32,33). The van der Waals surface area contributed by atoms with E-state index in [-0.39, 0.29) is 16.9 Å². The molecule has 0 atom stereocenters. The van der Waals surface area contributed by atoms with E-state index in [1.807, 2.05) is 12.1 Å². The number of thiol groups is 1. The van der Waals surface area contributed by atoms with E-state index in [4.69, 9.17) is 4.98 Å². The van der Waals surface area contributed by atoms with Crippen LogP contribution in [0, 0.1) is 12.3 Å². The number of aromatic carboxylic acids is 1. The van der Waals surface area contributed by atoms with Gasteiger partial charge >= 0.3 is 5.97 Å². The lowest BCUT2D eigenvalue weighted by Crippen LogP contribution is -2.25. The highest BCUT2D eigenvalue weighted by molar-refractivity contribution is 7.80. The Morgan fingerprint density at radius 3 is 2.47 bits per heavy atom. The van der Waals surface area contributed by atoms with Crippen molar-refractivity contribution in [3.8, 4) is 0 Å². The molecule has 0 saturated heterocycles. The molecule has 0 unspecified atom stereocenters. The zero-order valence-electron chi connectivity index (χ0n) is 20.5. The van der Waals surface area contributed by atoms with Crippen molar-refractivity contribution in [3.05, 3.63) is 64.5 Å². The van der Waals surface area contributed by atoms with Gasteiger partial charge in [-0.3, -0.25) is 4.79 Å². The number of nitrogens with one attached hydrogen (secondary N) is 1. The number of benzene rings is 2. The quantitative estimate of drug-likeness (QED) is 0.320. The molecule has 6 nitrogen and oxygen atoms in total. The van der Waals surface area contributed by atoms with Crippen LogP contribution in [-0.2, 0) is 24.3 Å². The van der Waals surface area contributed by atoms with E-state index in [9.17, 15) is 14.7 Å². The molecule has 0 fully saturated rings. The minimum Gasteiger partial charge on any atom is -0.478 e. The number of imidazole rings is 1. The number of aryl methyl sites for hydroxylation is 2. The van der Waals surface area contributed by atoms with E-state index in [0.29, 0.717) is 19.5 Å². The molecule has 2 aromatic carbocycles. The largest absolute Gasteiger partial charge is 0.478 e. The summed E-state index contributed by atoms with van der Waals surface area (Å²) in [7, 11) is 0. The van der Waals surface area contributed by atoms with Gasteiger partial charge in [-0.05, 0) is 65.8 Å². The minimum absolute atomic E-state index is 0.0425. The van der Waals surface area contributed by atoms with Crippen molar-refractivity contribution in [2.75, 3.05) is 5.75 Å². The lowest BCUT2D eigenvalue weighted by Gasteiger charge is -2.21. The Hall–Kier alpha value is -2.80. The molecule has 0 aliphatic rings. The average Bonchev–Trinajstić information content (AvgIpc) is 3.14. The maximum atomic E-state index is 12.4. The molecule has 1 heterocycles. The average molecular weight is 482 g/mol. The van der Waals surface area contributed by atoms with E-state index in [1.54, 1.807) is 12.1 Å². The third-order valence-electron chi connectivity index (χ3n) is 6.15. The van der Waals surface area contributed by atoms with Gasteiger partial charge in [0.1, 0.15) is 5.82 Å². The Balaban J connectivity index is 1.84. The van der Waals surface area contributed by atoms with E-state index >= 15 is 0 Å². The number of hydrogen-bond acceptors (Lipinski definition) is 4. The highest BCUT2D eigenvalue weighted by atomic mass is 32.1. The normalized spacial score (nSPS) is 11.7. The van der Waals surface area contributed by atoms with Crippen LogP contribution in [0.15, 0.2) is 36.4 Å². The maximum Gasteiger partial charge on any atom is 0.335 e. The van der Waals surface area contributed by atoms with Gasteiger partial charge in [-0.1, -0.05) is 39.0 Å². The monoisotopic (exact) mass is 481 g/mol. The lowest BCUT2D eigenvalue weighted by atomic mass is 9.90. The van der Waals surface area contributed by atoms with Crippen molar-refractivity contribution in [2.24, 2.45) is 5.41 Å². The number of carboxylic acids is 1. The second-order valence-electron chi connectivity index (χ2n) is 9.75. The van der Waals surface area contributed by atoms with Crippen LogP contribution in [0.3, 0.4) is 0 Å². The van der Waals surface area contributed by atoms with Gasteiger partial charge in [0.25, 0.3) is 0 Å². The molecule has 0 bridgehead atoms. The Bertz CT molecular complexity index is 1170. The molecule has 0 aliphatic heterocycles. The van der Waals surface area contributed by atoms with Gasteiger partial charge in [-0.15, -0.1) is 0 Å². The smallest absolute Gasteiger partial charge is 0.335 e. The molecule has 0 aliphatic carbocycles. The number of aromatic nitrogens is 2. The van der Waals surface area contributed by atoms with Crippen molar-refractivity contribution >= 4 is 35.5 Å². The predicted molar refractivity (Wildman–Crippen MR) is 140 cm³/mol. The maximum absolute atomic E-state index is 12.4. The van der Waals surface area contributed by atoms with Crippen LogP contribution in [0.1, 0.15) is 72.9 Å².